The normalized spacial score (nSPS) is 20.3. The number of pyridine rings is 1. The predicted octanol–water partition coefficient (Wildman–Crippen LogP) is 0.744. The molecule has 0 unspecified atom stereocenters. The van der Waals surface area contributed by atoms with E-state index in [1.165, 1.54) is 0 Å². The Kier molecular flexibility index (Phi) is 4.19. The lowest BCUT2D eigenvalue weighted by Gasteiger charge is -2.18. The lowest BCUT2D eigenvalue weighted by atomic mass is 10.2. The second-order valence-electron chi connectivity index (χ2n) is 4.58. The summed E-state index contributed by atoms with van der Waals surface area (Å²) in [5.74, 6) is 1.44. The van der Waals surface area contributed by atoms with E-state index in [0.717, 1.165) is 30.9 Å². The Hall–Kier alpha value is -1.14. The highest BCUT2D eigenvalue weighted by Gasteiger charge is 2.18. The van der Waals surface area contributed by atoms with Gasteiger partial charge in [0.1, 0.15) is 5.82 Å². The molecule has 1 saturated heterocycles. The number of hydrogen-bond donors (Lipinski definition) is 1. The van der Waals surface area contributed by atoms with Gasteiger partial charge in [-0.1, -0.05) is 6.07 Å². The first kappa shape index (κ1) is 13.3. The molecule has 0 atom stereocenters. The third-order valence-electron chi connectivity index (χ3n) is 3.14. The first-order valence-electron chi connectivity index (χ1n) is 6.14. The molecule has 0 radical (unpaired) electrons. The predicted molar refractivity (Wildman–Crippen MR) is 72.3 cm³/mol. The number of aromatic nitrogens is 1. The van der Waals surface area contributed by atoms with E-state index in [4.69, 9.17) is 0 Å². The molecule has 1 aliphatic rings. The highest BCUT2D eigenvalue weighted by molar-refractivity contribution is 7.91. The van der Waals surface area contributed by atoms with Crippen LogP contribution in [0, 0.1) is 0 Å². The molecular formula is C12H19N3O2S. The van der Waals surface area contributed by atoms with Gasteiger partial charge in [0.2, 0.25) is 0 Å². The number of hydrogen-bond acceptors (Lipinski definition) is 5. The van der Waals surface area contributed by atoms with Gasteiger partial charge >= 0.3 is 0 Å². The second-order valence-corrected chi connectivity index (χ2v) is 6.89. The molecule has 0 amide bonds. The van der Waals surface area contributed by atoms with Crippen molar-refractivity contribution in [3.8, 4) is 0 Å². The summed E-state index contributed by atoms with van der Waals surface area (Å²) in [6.45, 7) is 2.23. The molecule has 2 heterocycles. The van der Waals surface area contributed by atoms with Crippen molar-refractivity contribution in [1.29, 1.82) is 0 Å². The highest BCUT2D eigenvalue weighted by atomic mass is 32.2. The lowest BCUT2D eigenvalue weighted by molar-refractivity contribution is 0.287. The van der Waals surface area contributed by atoms with Crippen LogP contribution in [-0.2, 0) is 16.4 Å². The molecule has 6 heteroatoms. The van der Waals surface area contributed by atoms with Crippen molar-refractivity contribution in [3.63, 3.8) is 0 Å². The Morgan fingerprint density at radius 2 is 2.17 bits per heavy atom. The third-order valence-corrected chi connectivity index (χ3v) is 4.85. The summed E-state index contributed by atoms with van der Waals surface area (Å²) >= 11 is 0. The molecule has 1 aromatic rings. The van der Waals surface area contributed by atoms with Crippen LogP contribution in [0.1, 0.15) is 12.0 Å². The van der Waals surface area contributed by atoms with Crippen LogP contribution in [0.15, 0.2) is 18.3 Å². The minimum absolute atomic E-state index is 0.273. The van der Waals surface area contributed by atoms with Crippen molar-refractivity contribution in [1.82, 2.24) is 9.88 Å². The molecule has 0 spiro atoms. The van der Waals surface area contributed by atoms with Crippen LogP contribution in [0.3, 0.4) is 0 Å². The molecule has 1 N–H and O–H groups in total. The summed E-state index contributed by atoms with van der Waals surface area (Å²) in [6.07, 6.45) is 2.57. The van der Waals surface area contributed by atoms with E-state index in [1.54, 1.807) is 0 Å². The monoisotopic (exact) mass is 269 g/mol. The molecule has 0 aromatic carbocycles. The Balaban J connectivity index is 1.96. The maximum Gasteiger partial charge on any atom is 0.151 e. The lowest BCUT2D eigenvalue weighted by Crippen LogP contribution is -2.26. The van der Waals surface area contributed by atoms with Crippen molar-refractivity contribution in [2.24, 2.45) is 0 Å². The second kappa shape index (κ2) is 5.67. The molecule has 1 aliphatic heterocycles. The SMILES string of the molecule is CNc1ccc(CN2CCCS(=O)(=O)CC2)cn1. The van der Waals surface area contributed by atoms with E-state index in [0.29, 0.717) is 12.3 Å². The summed E-state index contributed by atoms with van der Waals surface area (Å²) in [6, 6.07) is 3.96. The Morgan fingerprint density at radius 3 is 2.83 bits per heavy atom. The van der Waals surface area contributed by atoms with Crippen LogP contribution in [0.2, 0.25) is 0 Å². The zero-order valence-corrected chi connectivity index (χ0v) is 11.4. The van der Waals surface area contributed by atoms with Crippen LogP contribution in [-0.4, -0.2) is 49.9 Å². The standard InChI is InChI=1S/C12H19N3O2S/c1-13-12-4-3-11(9-14-12)10-15-5-2-7-18(16,17)8-6-15/h3-4,9H,2,5-8,10H2,1H3,(H,13,14). The molecule has 0 aliphatic carbocycles. The van der Waals surface area contributed by atoms with Crippen LogP contribution in [0.4, 0.5) is 5.82 Å². The quantitative estimate of drug-likeness (QED) is 0.877. The number of sulfone groups is 1. The topological polar surface area (TPSA) is 62.3 Å². The van der Waals surface area contributed by atoms with Gasteiger partial charge in [-0.15, -0.1) is 0 Å². The van der Waals surface area contributed by atoms with Gasteiger partial charge in [0.05, 0.1) is 11.5 Å². The van der Waals surface area contributed by atoms with Gasteiger partial charge in [-0.3, -0.25) is 4.90 Å². The van der Waals surface area contributed by atoms with E-state index in [-0.39, 0.29) is 5.75 Å². The maximum absolute atomic E-state index is 11.5. The molecule has 100 valence electrons. The average molecular weight is 269 g/mol. The van der Waals surface area contributed by atoms with Gasteiger partial charge in [0.25, 0.3) is 0 Å². The minimum atomic E-state index is -2.82. The fourth-order valence-corrected chi connectivity index (χ4v) is 3.38. The molecule has 18 heavy (non-hydrogen) atoms. The zero-order chi connectivity index (χ0) is 13.0. The summed E-state index contributed by atoms with van der Waals surface area (Å²) < 4.78 is 23.0. The number of anilines is 1. The average Bonchev–Trinajstić information content (AvgIpc) is 2.52. The van der Waals surface area contributed by atoms with Crippen molar-refractivity contribution in [2.75, 3.05) is 37.0 Å². The van der Waals surface area contributed by atoms with Gasteiger partial charge in [-0.25, -0.2) is 13.4 Å². The van der Waals surface area contributed by atoms with E-state index in [9.17, 15) is 8.42 Å². The van der Waals surface area contributed by atoms with Crippen LogP contribution >= 0.6 is 0 Å². The zero-order valence-electron chi connectivity index (χ0n) is 10.6. The first-order valence-corrected chi connectivity index (χ1v) is 7.97. The van der Waals surface area contributed by atoms with Gasteiger partial charge in [-0.05, 0) is 24.6 Å². The summed E-state index contributed by atoms with van der Waals surface area (Å²) in [7, 11) is -0.987. The molecule has 1 fully saturated rings. The smallest absolute Gasteiger partial charge is 0.151 e. The van der Waals surface area contributed by atoms with E-state index in [1.807, 2.05) is 25.4 Å². The number of nitrogens with one attached hydrogen (secondary N) is 1. The van der Waals surface area contributed by atoms with Crippen LogP contribution in [0.25, 0.3) is 0 Å². The Labute approximate surface area is 108 Å². The summed E-state index contributed by atoms with van der Waals surface area (Å²) in [4.78, 5) is 6.44. The molecule has 2 rings (SSSR count). The van der Waals surface area contributed by atoms with Gasteiger partial charge in [0.15, 0.2) is 9.84 Å². The van der Waals surface area contributed by atoms with E-state index in [2.05, 4.69) is 15.2 Å². The number of rotatable bonds is 3. The van der Waals surface area contributed by atoms with Crippen LogP contribution in [0.5, 0.6) is 0 Å². The summed E-state index contributed by atoms with van der Waals surface area (Å²) in [5, 5.41) is 2.97. The third kappa shape index (κ3) is 3.68. The van der Waals surface area contributed by atoms with Crippen molar-refractivity contribution in [3.05, 3.63) is 23.9 Å². The van der Waals surface area contributed by atoms with Crippen LogP contribution < -0.4 is 5.32 Å². The number of nitrogens with zero attached hydrogens (tertiary/aromatic N) is 2. The maximum atomic E-state index is 11.5. The largest absolute Gasteiger partial charge is 0.373 e. The fourth-order valence-electron chi connectivity index (χ4n) is 2.07. The molecular weight excluding hydrogens is 250 g/mol. The van der Waals surface area contributed by atoms with Gasteiger partial charge in [-0.2, -0.15) is 0 Å². The molecule has 0 saturated carbocycles. The molecule has 0 bridgehead atoms. The van der Waals surface area contributed by atoms with E-state index < -0.39 is 9.84 Å². The molecule has 1 aromatic heterocycles. The Bertz CT molecular complexity index is 485. The van der Waals surface area contributed by atoms with Crippen molar-refractivity contribution < 1.29 is 8.42 Å². The first-order chi connectivity index (χ1) is 8.59. The molecule has 5 nitrogen and oxygen atoms in total. The summed E-state index contributed by atoms with van der Waals surface area (Å²) in [5.41, 5.74) is 1.12. The highest BCUT2D eigenvalue weighted by Crippen LogP contribution is 2.11. The van der Waals surface area contributed by atoms with Gasteiger partial charge < -0.3 is 5.32 Å². The van der Waals surface area contributed by atoms with Crippen molar-refractivity contribution in [2.45, 2.75) is 13.0 Å². The van der Waals surface area contributed by atoms with Gasteiger partial charge in [0, 0.05) is 26.3 Å². The van der Waals surface area contributed by atoms with Crippen molar-refractivity contribution >= 4 is 15.7 Å². The minimum Gasteiger partial charge on any atom is -0.373 e. The Morgan fingerprint density at radius 1 is 1.33 bits per heavy atom. The fraction of sp³-hybridized carbons (Fsp3) is 0.583. The van der Waals surface area contributed by atoms with E-state index >= 15 is 0 Å².